The minimum atomic E-state index is 0. The van der Waals surface area contributed by atoms with Crippen LogP contribution in [-0.2, 0) is 0 Å². The lowest BCUT2D eigenvalue weighted by molar-refractivity contribution is 0.136. The van der Waals surface area contributed by atoms with E-state index in [4.69, 9.17) is 4.42 Å². The second-order valence-electron chi connectivity index (χ2n) is 5.02. The first-order valence-electron chi connectivity index (χ1n) is 6.36. The summed E-state index contributed by atoms with van der Waals surface area (Å²) in [5.41, 5.74) is 0. The van der Waals surface area contributed by atoms with Crippen LogP contribution in [0.15, 0.2) is 16.5 Å². The highest BCUT2D eigenvalue weighted by Gasteiger charge is 2.38. The van der Waals surface area contributed by atoms with Gasteiger partial charge in [-0.15, -0.1) is 24.8 Å². The molecule has 1 aromatic rings. The number of nitrogens with one attached hydrogen (secondary N) is 1. The Morgan fingerprint density at radius 3 is 2.39 bits per heavy atom. The van der Waals surface area contributed by atoms with Gasteiger partial charge < -0.3 is 9.73 Å². The van der Waals surface area contributed by atoms with Crippen molar-refractivity contribution in [3.63, 3.8) is 0 Å². The van der Waals surface area contributed by atoms with Gasteiger partial charge in [-0.2, -0.15) is 0 Å². The molecule has 1 saturated carbocycles. The van der Waals surface area contributed by atoms with Gasteiger partial charge >= 0.3 is 0 Å². The van der Waals surface area contributed by atoms with Crippen molar-refractivity contribution in [3.05, 3.63) is 23.7 Å². The molecule has 1 aliphatic carbocycles. The highest BCUT2D eigenvalue weighted by molar-refractivity contribution is 5.85. The quantitative estimate of drug-likeness (QED) is 0.929. The molecule has 1 N–H and O–H groups in total. The van der Waals surface area contributed by atoms with Crippen molar-refractivity contribution in [1.82, 2.24) is 10.2 Å². The summed E-state index contributed by atoms with van der Waals surface area (Å²) >= 11 is 0. The average Bonchev–Trinajstić information content (AvgIpc) is 3.04. The molecule has 5 heteroatoms. The Balaban J connectivity index is 0.000000810. The summed E-state index contributed by atoms with van der Waals surface area (Å²) in [5, 5.41) is 3.41. The van der Waals surface area contributed by atoms with Crippen molar-refractivity contribution in [2.75, 3.05) is 26.2 Å². The SMILES string of the molecule is Cc1ccc([C@@H](C2CC2)N2CCNCC2)o1.Cl.Cl. The van der Waals surface area contributed by atoms with Gasteiger partial charge in [0.25, 0.3) is 0 Å². The molecule has 1 saturated heterocycles. The zero-order valence-electron chi connectivity index (χ0n) is 10.7. The van der Waals surface area contributed by atoms with E-state index in [1.807, 2.05) is 6.92 Å². The van der Waals surface area contributed by atoms with Crippen LogP contribution >= 0.6 is 24.8 Å². The molecule has 18 heavy (non-hydrogen) atoms. The summed E-state index contributed by atoms with van der Waals surface area (Å²) in [6.45, 7) is 6.57. The predicted octanol–water partition coefficient (Wildman–Crippen LogP) is 2.79. The van der Waals surface area contributed by atoms with Crippen molar-refractivity contribution in [3.8, 4) is 0 Å². The molecule has 0 bridgehead atoms. The van der Waals surface area contributed by atoms with Crippen LogP contribution in [0.5, 0.6) is 0 Å². The van der Waals surface area contributed by atoms with E-state index >= 15 is 0 Å². The number of hydrogen-bond donors (Lipinski definition) is 1. The van der Waals surface area contributed by atoms with Gasteiger partial charge in [-0.3, -0.25) is 4.90 Å². The first-order chi connectivity index (χ1) is 7.84. The summed E-state index contributed by atoms with van der Waals surface area (Å²) in [6.07, 6.45) is 2.74. The molecule has 3 rings (SSSR count). The van der Waals surface area contributed by atoms with Gasteiger partial charge in [-0.05, 0) is 37.8 Å². The van der Waals surface area contributed by atoms with Gasteiger partial charge in [0.15, 0.2) is 0 Å². The Morgan fingerprint density at radius 2 is 1.89 bits per heavy atom. The van der Waals surface area contributed by atoms with Crippen LogP contribution < -0.4 is 5.32 Å². The van der Waals surface area contributed by atoms with Crippen molar-refractivity contribution in [2.45, 2.75) is 25.8 Å². The molecule has 0 amide bonds. The van der Waals surface area contributed by atoms with E-state index in [9.17, 15) is 0 Å². The van der Waals surface area contributed by atoms with Gasteiger partial charge in [-0.1, -0.05) is 0 Å². The van der Waals surface area contributed by atoms with E-state index in [-0.39, 0.29) is 24.8 Å². The summed E-state index contributed by atoms with van der Waals surface area (Å²) in [4.78, 5) is 2.59. The molecule has 0 aromatic carbocycles. The standard InChI is InChI=1S/C13H20N2O.2ClH/c1-10-2-5-12(16-10)13(11-3-4-11)15-8-6-14-7-9-15;;/h2,5,11,13-14H,3-4,6-9H2,1H3;2*1H/t13-;;/m1../s1. The van der Waals surface area contributed by atoms with Crippen molar-refractivity contribution >= 4 is 24.8 Å². The number of nitrogens with zero attached hydrogens (tertiary/aromatic N) is 1. The smallest absolute Gasteiger partial charge is 0.121 e. The minimum Gasteiger partial charge on any atom is -0.465 e. The third kappa shape index (κ3) is 3.41. The van der Waals surface area contributed by atoms with Crippen LogP contribution in [-0.4, -0.2) is 31.1 Å². The van der Waals surface area contributed by atoms with E-state index in [0.717, 1.165) is 37.9 Å². The maximum Gasteiger partial charge on any atom is 0.121 e. The average molecular weight is 293 g/mol. The highest BCUT2D eigenvalue weighted by atomic mass is 35.5. The number of furan rings is 1. The van der Waals surface area contributed by atoms with Gasteiger partial charge in [0.1, 0.15) is 11.5 Å². The molecular formula is C13H22Cl2N2O. The monoisotopic (exact) mass is 292 g/mol. The fourth-order valence-electron chi connectivity index (χ4n) is 2.70. The van der Waals surface area contributed by atoms with Crippen molar-refractivity contribution in [2.24, 2.45) is 5.92 Å². The molecule has 3 nitrogen and oxygen atoms in total. The Labute approximate surface area is 121 Å². The van der Waals surface area contributed by atoms with Crippen LogP contribution in [0.3, 0.4) is 0 Å². The third-order valence-electron chi connectivity index (χ3n) is 3.67. The van der Waals surface area contributed by atoms with Crippen LogP contribution in [0.25, 0.3) is 0 Å². The lowest BCUT2D eigenvalue weighted by Gasteiger charge is -2.34. The molecule has 1 atom stereocenters. The molecular weight excluding hydrogens is 271 g/mol. The largest absolute Gasteiger partial charge is 0.465 e. The normalized spacial score (nSPS) is 21.8. The second-order valence-corrected chi connectivity index (χ2v) is 5.02. The lowest BCUT2D eigenvalue weighted by atomic mass is 10.1. The Bertz CT molecular complexity index is 360. The molecule has 1 aliphatic heterocycles. The number of rotatable bonds is 3. The highest BCUT2D eigenvalue weighted by Crippen LogP contribution is 2.44. The summed E-state index contributed by atoms with van der Waals surface area (Å²) in [6, 6.07) is 4.79. The summed E-state index contributed by atoms with van der Waals surface area (Å²) in [5.74, 6) is 3.06. The molecule has 0 spiro atoms. The fourth-order valence-corrected chi connectivity index (χ4v) is 2.70. The molecule has 2 fully saturated rings. The molecule has 104 valence electrons. The minimum absolute atomic E-state index is 0. The first-order valence-corrected chi connectivity index (χ1v) is 6.36. The van der Waals surface area contributed by atoms with Crippen LogP contribution in [0.1, 0.15) is 30.4 Å². The molecule has 2 aliphatic rings. The fraction of sp³-hybridized carbons (Fsp3) is 0.692. The maximum absolute atomic E-state index is 5.84. The van der Waals surface area contributed by atoms with E-state index in [2.05, 4.69) is 22.3 Å². The van der Waals surface area contributed by atoms with Crippen LogP contribution in [0.2, 0.25) is 0 Å². The number of piperazine rings is 1. The number of halogens is 2. The molecule has 2 heterocycles. The van der Waals surface area contributed by atoms with Crippen LogP contribution in [0.4, 0.5) is 0 Å². The molecule has 0 radical (unpaired) electrons. The Kier molecular flexibility index (Phi) is 5.99. The molecule has 0 unspecified atom stereocenters. The zero-order chi connectivity index (χ0) is 11.0. The topological polar surface area (TPSA) is 28.4 Å². The third-order valence-corrected chi connectivity index (χ3v) is 3.67. The van der Waals surface area contributed by atoms with E-state index in [1.165, 1.54) is 18.6 Å². The first kappa shape index (κ1) is 15.8. The number of hydrogen-bond acceptors (Lipinski definition) is 3. The van der Waals surface area contributed by atoms with Gasteiger partial charge in [-0.25, -0.2) is 0 Å². The Morgan fingerprint density at radius 1 is 1.22 bits per heavy atom. The lowest BCUT2D eigenvalue weighted by Crippen LogP contribution is -2.45. The van der Waals surface area contributed by atoms with Crippen LogP contribution in [0, 0.1) is 12.8 Å². The van der Waals surface area contributed by atoms with Crippen molar-refractivity contribution < 1.29 is 4.42 Å². The van der Waals surface area contributed by atoms with E-state index in [0.29, 0.717) is 6.04 Å². The zero-order valence-corrected chi connectivity index (χ0v) is 12.4. The van der Waals surface area contributed by atoms with Gasteiger partial charge in [0, 0.05) is 26.2 Å². The Hall–Kier alpha value is -0.220. The molecule has 1 aromatic heterocycles. The van der Waals surface area contributed by atoms with Gasteiger partial charge in [0.05, 0.1) is 6.04 Å². The predicted molar refractivity (Wildman–Crippen MR) is 77.8 cm³/mol. The summed E-state index contributed by atoms with van der Waals surface area (Å²) in [7, 11) is 0. The summed E-state index contributed by atoms with van der Waals surface area (Å²) < 4.78 is 5.84. The van der Waals surface area contributed by atoms with E-state index < -0.39 is 0 Å². The maximum atomic E-state index is 5.84. The second kappa shape index (κ2) is 6.80. The number of aryl methyl sites for hydroxylation is 1. The van der Waals surface area contributed by atoms with E-state index in [1.54, 1.807) is 0 Å². The van der Waals surface area contributed by atoms with Crippen molar-refractivity contribution in [1.29, 1.82) is 0 Å². The van der Waals surface area contributed by atoms with Gasteiger partial charge in [0.2, 0.25) is 0 Å².